The molecule has 0 aliphatic rings. The van der Waals surface area contributed by atoms with E-state index in [2.05, 4.69) is 6.92 Å². The van der Waals surface area contributed by atoms with Crippen molar-refractivity contribution in [2.75, 3.05) is 0 Å². The van der Waals surface area contributed by atoms with Crippen molar-refractivity contribution >= 4 is 0 Å². The monoisotopic (exact) mass is 145 g/mol. The van der Waals surface area contributed by atoms with Crippen LogP contribution < -0.4 is 0 Å². The summed E-state index contributed by atoms with van der Waals surface area (Å²) in [4.78, 5) is 0. The smallest absolute Gasteiger partial charge is 0.0954 e. The summed E-state index contributed by atoms with van der Waals surface area (Å²) in [6, 6.07) is 0. The Kier molecular flexibility index (Phi) is 5.64. The van der Waals surface area contributed by atoms with Gasteiger partial charge >= 0.3 is 0 Å². The normalized spacial score (nSPS) is 16.8. The van der Waals surface area contributed by atoms with Crippen LogP contribution in [0.15, 0.2) is 0 Å². The van der Waals surface area contributed by atoms with E-state index < -0.39 is 12.2 Å². The molecule has 0 aliphatic carbocycles. The van der Waals surface area contributed by atoms with Crippen LogP contribution >= 0.6 is 0 Å². The number of hydrogen-bond acceptors (Lipinski definition) is 1. The van der Waals surface area contributed by atoms with Gasteiger partial charge < -0.3 is 5.11 Å². The molecule has 0 fully saturated rings. The molecule has 1 radical (unpaired) electrons. The van der Waals surface area contributed by atoms with E-state index in [1.807, 2.05) is 0 Å². The summed E-state index contributed by atoms with van der Waals surface area (Å²) in [5.41, 5.74) is 0. The maximum atomic E-state index is 10.9. The van der Waals surface area contributed by atoms with Gasteiger partial charge in [0.1, 0.15) is 0 Å². The zero-order valence-electron chi connectivity index (χ0n) is 6.84. The maximum Gasteiger partial charge on any atom is 0.0954 e. The van der Waals surface area contributed by atoms with Crippen molar-refractivity contribution in [3.63, 3.8) is 0 Å². The molecule has 0 rings (SSSR count). The first kappa shape index (κ1) is 9.92. The van der Waals surface area contributed by atoms with Crippen molar-refractivity contribution < 1.29 is 10.2 Å². The zero-order chi connectivity index (χ0) is 7.98. The lowest BCUT2D eigenvalue weighted by atomic mass is 10.1. The van der Waals surface area contributed by atoms with E-state index in [9.17, 15) is 5.11 Å². The van der Waals surface area contributed by atoms with Gasteiger partial charge in [-0.15, -0.1) is 0 Å². The Bertz CT molecular complexity index is 71.7. The minimum absolute atomic E-state index is 0.403. The Hall–Kier alpha value is -0.0800. The predicted octanol–water partition coefficient (Wildman–Crippen LogP) is 1.75. The molecule has 0 saturated heterocycles. The van der Waals surface area contributed by atoms with Crippen molar-refractivity contribution in [1.29, 1.82) is 0 Å². The van der Waals surface area contributed by atoms with Gasteiger partial charge in [0.25, 0.3) is 0 Å². The van der Waals surface area contributed by atoms with Crippen molar-refractivity contribution in [2.24, 2.45) is 0 Å². The Labute approximate surface area is 62.9 Å². The molecule has 0 aromatic carbocycles. The third-order valence-electron chi connectivity index (χ3n) is 1.48. The van der Waals surface area contributed by atoms with Gasteiger partial charge in [-0.25, -0.2) is 5.11 Å². The first-order valence-corrected chi connectivity index (χ1v) is 4.00. The zero-order valence-corrected chi connectivity index (χ0v) is 6.84. The highest BCUT2D eigenvalue weighted by Crippen LogP contribution is 2.06. The quantitative estimate of drug-likeness (QED) is 0.629. The van der Waals surface area contributed by atoms with Gasteiger partial charge in [0.15, 0.2) is 0 Å². The second-order valence-electron chi connectivity index (χ2n) is 2.85. The van der Waals surface area contributed by atoms with Gasteiger partial charge in [-0.2, -0.15) is 0 Å². The van der Waals surface area contributed by atoms with E-state index in [0.29, 0.717) is 12.8 Å². The van der Waals surface area contributed by atoms with Gasteiger partial charge in [-0.1, -0.05) is 19.8 Å². The average molecular weight is 145 g/mol. The summed E-state index contributed by atoms with van der Waals surface area (Å²) in [5, 5.41) is 19.8. The molecule has 61 valence electrons. The number of aliphatic hydroxyl groups is 1. The van der Waals surface area contributed by atoms with E-state index in [4.69, 9.17) is 5.11 Å². The molecule has 2 atom stereocenters. The highest BCUT2D eigenvalue weighted by atomic mass is 16.3. The second-order valence-corrected chi connectivity index (χ2v) is 2.85. The van der Waals surface area contributed by atoms with Gasteiger partial charge in [0, 0.05) is 6.42 Å². The molecule has 2 nitrogen and oxygen atoms in total. The van der Waals surface area contributed by atoms with Crippen molar-refractivity contribution in [3.8, 4) is 0 Å². The largest absolute Gasteiger partial charge is 0.393 e. The van der Waals surface area contributed by atoms with E-state index in [1.54, 1.807) is 6.92 Å². The summed E-state index contributed by atoms with van der Waals surface area (Å²) >= 11 is 0. The predicted molar refractivity (Wildman–Crippen MR) is 40.3 cm³/mol. The fourth-order valence-electron chi connectivity index (χ4n) is 0.930. The number of hydrogen-bond donors (Lipinski definition) is 1. The van der Waals surface area contributed by atoms with Gasteiger partial charge in [0.05, 0.1) is 12.2 Å². The fraction of sp³-hybridized carbons (Fsp3) is 1.00. The lowest BCUT2D eigenvalue weighted by Crippen LogP contribution is -2.13. The lowest BCUT2D eigenvalue weighted by molar-refractivity contribution is 0.0326. The van der Waals surface area contributed by atoms with E-state index in [-0.39, 0.29) is 0 Å². The number of aliphatic hydroxyl groups excluding tert-OH is 1. The topological polar surface area (TPSA) is 40.1 Å². The van der Waals surface area contributed by atoms with Crippen LogP contribution in [0.1, 0.15) is 39.5 Å². The molecule has 0 aromatic heterocycles. The number of rotatable bonds is 5. The highest BCUT2D eigenvalue weighted by molar-refractivity contribution is 4.58. The van der Waals surface area contributed by atoms with Gasteiger partial charge in [0.2, 0.25) is 0 Å². The lowest BCUT2D eigenvalue weighted by Gasteiger charge is -2.08. The first-order chi connectivity index (χ1) is 4.66. The van der Waals surface area contributed by atoms with Crippen LogP contribution in [-0.2, 0) is 5.11 Å². The van der Waals surface area contributed by atoms with E-state index in [0.717, 1.165) is 12.8 Å². The standard InChI is InChI=1S/C8H17O2/c1-3-4-5-8(10)6-7(2)9/h7-9H,3-6H2,1-2H3. The van der Waals surface area contributed by atoms with Crippen LogP contribution in [0.2, 0.25) is 0 Å². The molecule has 0 heterocycles. The highest BCUT2D eigenvalue weighted by Gasteiger charge is 2.07. The van der Waals surface area contributed by atoms with Crippen LogP contribution in [-0.4, -0.2) is 17.3 Å². The molecule has 2 heteroatoms. The van der Waals surface area contributed by atoms with Crippen molar-refractivity contribution in [2.45, 2.75) is 51.7 Å². The molecular weight excluding hydrogens is 128 g/mol. The van der Waals surface area contributed by atoms with Gasteiger partial charge in [-0.05, 0) is 13.3 Å². The molecule has 2 unspecified atom stereocenters. The fourth-order valence-corrected chi connectivity index (χ4v) is 0.930. The molecular formula is C8H17O2. The minimum atomic E-state index is -0.556. The maximum absolute atomic E-state index is 10.9. The summed E-state index contributed by atoms with van der Waals surface area (Å²) in [7, 11) is 0. The molecule has 0 aliphatic heterocycles. The summed E-state index contributed by atoms with van der Waals surface area (Å²) in [5.74, 6) is 0. The minimum Gasteiger partial charge on any atom is -0.393 e. The van der Waals surface area contributed by atoms with E-state index >= 15 is 0 Å². The Morgan fingerprint density at radius 3 is 2.50 bits per heavy atom. The van der Waals surface area contributed by atoms with Crippen LogP contribution in [0.4, 0.5) is 0 Å². The Balaban J connectivity index is 3.16. The first-order valence-electron chi connectivity index (χ1n) is 4.00. The molecule has 10 heavy (non-hydrogen) atoms. The van der Waals surface area contributed by atoms with E-state index in [1.165, 1.54) is 0 Å². The third kappa shape index (κ3) is 6.05. The molecule has 1 N–H and O–H groups in total. The Morgan fingerprint density at radius 1 is 1.50 bits per heavy atom. The molecule has 0 amide bonds. The van der Waals surface area contributed by atoms with Crippen LogP contribution in [0.25, 0.3) is 0 Å². The summed E-state index contributed by atoms with van der Waals surface area (Å²) in [6.07, 6.45) is 2.18. The summed E-state index contributed by atoms with van der Waals surface area (Å²) in [6.45, 7) is 3.73. The Morgan fingerprint density at radius 2 is 2.10 bits per heavy atom. The van der Waals surface area contributed by atoms with Crippen LogP contribution in [0.5, 0.6) is 0 Å². The molecule has 0 spiro atoms. The van der Waals surface area contributed by atoms with Crippen LogP contribution in [0.3, 0.4) is 0 Å². The molecule has 0 bridgehead atoms. The number of unbranched alkanes of at least 4 members (excludes halogenated alkanes) is 1. The SMILES string of the molecule is CCCCC([O])CC(C)O. The third-order valence-corrected chi connectivity index (χ3v) is 1.48. The van der Waals surface area contributed by atoms with Gasteiger partial charge in [-0.3, -0.25) is 0 Å². The molecule has 0 aromatic rings. The summed E-state index contributed by atoms with van der Waals surface area (Å²) < 4.78 is 0. The molecule has 0 saturated carbocycles. The average Bonchev–Trinajstić information content (AvgIpc) is 1.82. The van der Waals surface area contributed by atoms with Crippen LogP contribution in [0, 0.1) is 0 Å². The second kappa shape index (κ2) is 5.69. The van der Waals surface area contributed by atoms with Crippen molar-refractivity contribution in [1.82, 2.24) is 0 Å². The van der Waals surface area contributed by atoms with Crippen molar-refractivity contribution in [3.05, 3.63) is 0 Å².